The van der Waals surface area contributed by atoms with Gasteiger partial charge in [0, 0.05) is 6.20 Å². The van der Waals surface area contributed by atoms with Crippen LogP contribution in [0.15, 0.2) is 42.6 Å². The molecule has 0 atom stereocenters. The monoisotopic (exact) mass is 163 g/mol. The molecule has 2 nitrogen and oxygen atoms in total. The zero-order valence-corrected chi connectivity index (χ0v) is 7.40. The van der Waals surface area contributed by atoms with E-state index in [-0.39, 0.29) is 0 Å². The molecule has 0 fully saturated rings. The minimum Gasteiger partial charge on any atom is -0.417 e. The zero-order chi connectivity index (χ0) is 8.81. The van der Waals surface area contributed by atoms with Crippen LogP contribution in [-0.4, -0.2) is 11.8 Å². The first-order chi connectivity index (χ1) is 5.84. The van der Waals surface area contributed by atoms with Crippen LogP contribution in [0.3, 0.4) is 0 Å². The van der Waals surface area contributed by atoms with E-state index in [1.165, 1.54) is 0 Å². The van der Waals surface area contributed by atoms with Crippen LogP contribution >= 0.6 is 0 Å². The van der Waals surface area contributed by atoms with Crippen LogP contribution in [-0.2, 0) is 0 Å². The van der Waals surface area contributed by atoms with Gasteiger partial charge in [0.15, 0.2) is 0 Å². The van der Waals surface area contributed by atoms with Crippen LogP contribution in [0.1, 0.15) is 5.69 Å². The van der Waals surface area contributed by atoms with Crippen molar-refractivity contribution in [2.24, 2.45) is 0 Å². The Kier molecular flexibility index (Phi) is 3.20. The Morgan fingerprint density at radius 1 is 1.08 bits per heavy atom. The average molecular weight is 163 g/mol. The van der Waals surface area contributed by atoms with Crippen LogP contribution in [0.5, 0.6) is 0 Å². The molecule has 0 aliphatic carbocycles. The van der Waals surface area contributed by atoms with Gasteiger partial charge in [-0.05, 0) is 19.1 Å². The Bertz CT molecular complexity index is 290. The Labute approximate surface area is 72.7 Å². The van der Waals surface area contributed by atoms with Gasteiger partial charge in [0.1, 0.15) is 7.11 Å². The van der Waals surface area contributed by atoms with Crippen LogP contribution in [0.2, 0.25) is 0 Å². The van der Waals surface area contributed by atoms with Crippen molar-refractivity contribution in [1.82, 2.24) is 4.73 Å². The molecule has 0 spiro atoms. The third kappa shape index (κ3) is 2.31. The van der Waals surface area contributed by atoms with Crippen molar-refractivity contribution < 1.29 is 4.84 Å². The third-order valence-corrected chi connectivity index (χ3v) is 1.55. The van der Waals surface area contributed by atoms with Gasteiger partial charge in [-0.3, -0.25) is 0 Å². The lowest BCUT2D eigenvalue weighted by Crippen LogP contribution is -2.06. The fourth-order valence-corrected chi connectivity index (χ4v) is 0.911. The highest BCUT2D eigenvalue weighted by atomic mass is 16.6. The van der Waals surface area contributed by atoms with Gasteiger partial charge in [-0.2, -0.15) is 4.73 Å². The second-order valence-corrected chi connectivity index (χ2v) is 2.43. The molecule has 0 bridgehead atoms. The van der Waals surface area contributed by atoms with E-state index in [2.05, 4.69) is 0 Å². The minimum atomic E-state index is 1.05. The summed E-state index contributed by atoms with van der Waals surface area (Å²) in [6.45, 7) is 1.99. The predicted octanol–water partition coefficient (Wildman–Crippen LogP) is 1.98. The molecule has 1 heterocycles. The van der Waals surface area contributed by atoms with Crippen molar-refractivity contribution >= 4 is 0 Å². The van der Waals surface area contributed by atoms with Gasteiger partial charge in [-0.25, -0.2) is 0 Å². The summed E-state index contributed by atoms with van der Waals surface area (Å²) in [7, 11) is 1.65. The largest absolute Gasteiger partial charge is 0.417 e. The number of hydrogen-bond acceptors (Lipinski definition) is 1. The van der Waals surface area contributed by atoms with E-state index in [0.29, 0.717) is 0 Å². The first kappa shape index (κ1) is 8.65. The van der Waals surface area contributed by atoms with Gasteiger partial charge in [0.05, 0.1) is 5.69 Å². The lowest BCUT2D eigenvalue weighted by Gasteiger charge is -2.03. The molecule has 0 saturated heterocycles. The van der Waals surface area contributed by atoms with Crippen LogP contribution < -0.4 is 4.84 Å². The van der Waals surface area contributed by atoms with Gasteiger partial charge in [0.25, 0.3) is 0 Å². The third-order valence-electron chi connectivity index (χ3n) is 1.55. The summed E-state index contributed by atoms with van der Waals surface area (Å²) in [6.07, 6.45) is 1.87. The van der Waals surface area contributed by atoms with Crippen LogP contribution in [0, 0.1) is 6.92 Å². The van der Waals surface area contributed by atoms with Gasteiger partial charge in [-0.15, -0.1) is 0 Å². The Morgan fingerprint density at radius 3 is 2.50 bits per heavy atom. The second kappa shape index (κ2) is 4.44. The van der Waals surface area contributed by atoms with Crippen molar-refractivity contribution in [3.8, 4) is 0 Å². The molecular weight excluding hydrogens is 150 g/mol. The predicted molar refractivity (Wildman–Crippen MR) is 49.3 cm³/mol. The number of rotatable bonds is 1. The molecule has 0 aromatic carbocycles. The van der Waals surface area contributed by atoms with Crippen molar-refractivity contribution in [2.75, 3.05) is 7.11 Å². The molecule has 1 aromatic heterocycles. The molecule has 1 rings (SSSR count). The molecule has 0 amide bonds. The highest BCUT2D eigenvalue weighted by molar-refractivity contribution is 5.01. The molecule has 12 heavy (non-hydrogen) atoms. The van der Waals surface area contributed by atoms with Gasteiger partial charge in [0.2, 0.25) is 0 Å². The topological polar surface area (TPSA) is 14.2 Å². The molecule has 2 heteroatoms. The average Bonchev–Trinajstić information content (AvgIpc) is 2.17. The van der Waals surface area contributed by atoms with Gasteiger partial charge < -0.3 is 4.84 Å². The lowest BCUT2D eigenvalue weighted by molar-refractivity contribution is 0.160. The van der Waals surface area contributed by atoms with E-state index in [1.54, 1.807) is 11.8 Å². The van der Waals surface area contributed by atoms with E-state index in [4.69, 9.17) is 4.84 Å². The number of hydrogen-bond donors (Lipinski definition) is 0. The van der Waals surface area contributed by atoms with Gasteiger partial charge in [-0.1, -0.05) is 24.3 Å². The summed E-state index contributed by atoms with van der Waals surface area (Å²) >= 11 is 0. The quantitative estimate of drug-likeness (QED) is 0.617. The van der Waals surface area contributed by atoms with E-state index in [9.17, 15) is 0 Å². The summed E-state index contributed by atoms with van der Waals surface area (Å²) in [5, 5.41) is 0. The Hall–Kier alpha value is -1.44. The van der Waals surface area contributed by atoms with Crippen molar-refractivity contribution in [1.29, 1.82) is 0 Å². The summed E-state index contributed by atoms with van der Waals surface area (Å²) < 4.78 is 1.71. The molecule has 0 saturated carbocycles. The standard InChI is InChI=1S/C10H13NO/c1-10-8-6-4-3-5-7-9-11(10)12-2/h3-9H,1-2H3. The first-order valence-corrected chi connectivity index (χ1v) is 3.86. The van der Waals surface area contributed by atoms with Crippen LogP contribution in [0.4, 0.5) is 0 Å². The molecule has 0 aliphatic rings. The zero-order valence-electron chi connectivity index (χ0n) is 7.40. The first-order valence-electron chi connectivity index (χ1n) is 3.86. The number of nitrogens with zero attached hydrogens (tertiary/aromatic N) is 1. The summed E-state index contributed by atoms with van der Waals surface area (Å²) in [5.41, 5.74) is 1.05. The minimum absolute atomic E-state index is 1.05. The Balaban J connectivity index is 3.24. The molecule has 0 N–H and O–H groups in total. The molecule has 0 radical (unpaired) electrons. The van der Waals surface area contributed by atoms with E-state index < -0.39 is 0 Å². The maximum Gasteiger partial charge on any atom is 0.104 e. The van der Waals surface area contributed by atoms with E-state index in [1.807, 2.05) is 49.5 Å². The molecule has 1 aromatic rings. The Morgan fingerprint density at radius 2 is 1.75 bits per heavy atom. The maximum absolute atomic E-state index is 5.10. The molecule has 64 valence electrons. The SMILES string of the molecule is COn1cccccccc1C. The van der Waals surface area contributed by atoms with E-state index in [0.717, 1.165) is 5.69 Å². The summed E-state index contributed by atoms with van der Waals surface area (Å²) in [4.78, 5) is 5.10. The van der Waals surface area contributed by atoms with Crippen molar-refractivity contribution in [3.05, 3.63) is 48.3 Å². The number of aryl methyl sites for hydroxylation is 1. The maximum atomic E-state index is 5.10. The molecular formula is C10H13NO. The smallest absolute Gasteiger partial charge is 0.104 e. The fraction of sp³-hybridized carbons (Fsp3) is 0.200. The normalized spacial score (nSPS) is 8.83. The highest BCUT2D eigenvalue weighted by Crippen LogP contribution is 1.91. The van der Waals surface area contributed by atoms with E-state index >= 15 is 0 Å². The fourth-order valence-electron chi connectivity index (χ4n) is 0.911. The van der Waals surface area contributed by atoms with Crippen LogP contribution in [0.25, 0.3) is 0 Å². The summed E-state index contributed by atoms with van der Waals surface area (Å²) in [6, 6.07) is 11.8. The number of aromatic nitrogens is 1. The second-order valence-electron chi connectivity index (χ2n) is 2.43. The van der Waals surface area contributed by atoms with Gasteiger partial charge >= 0.3 is 0 Å². The summed E-state index contributed by atoms with van der Waals surface area (Å²) in [5.74, 6) is 0. The van der Waals surface area contributed by atoms with Crippen molar-refractivity contribution in [3.63, 3.8) is 0 Å². The molecule has 0 unspecified atom stereocenters. The molecule has 0 aliphatic heterocycles. The van der Waals surface area contributed by atoms with Crippen molar-refractivity contribution in [2.45, 2.75) is 6.92 Å². The lowest BCUT2D eigenvalue weighted by atomic mass is 10.4. The highest BCUT2D eigenvalue weighted by Gasteiger charge is 1.83.